The van der Waals surface area contributed by atoms with Gasteiger partial charge in [0.25, 0.3) is 0 Å². The minimum atomic E-state index is -0.365. The van der Waals surface area contributed by atoms with Crippen molar-refractivity contribution in [1.82, 2.24) is 0 Å². The Hall–Kier alpha value is -2.75. The van der Waals surface area contributed by atoms with Crippen molar-refractivity contribution in [2.75, 3.05) is 13.7 Å². The monoisotopic (exact) mass is 326 g/mol. The van der Waals surface area contributed by atoms with Crippen LogP contribution >= 0.6 is 0 Å². The number of carbonyl (C=O) groups excluding carboxylic acids is 1. The van der Waals surface area contributed by atoms with E-state index in [1.165, 1.54) is 11.6 Å². The molecular weight excluding hydrogens is 304 g/mol. The van der Waals surface area contributed by atoms with Crippen molar-refractivity contribution in [1.29, 1.82) is 0 Å². The van der Waals surface area contributed by atoms with E-state index in [1.807, 2.05) is 30.3 Å². The van der Waals surface area contributed by atoms with Gasteiger partial charge in [0, 0.05) is 6.08 Å². The summed E-state index contributed by atoms with van der Waals surface area (Å²) in [4.78, 5) is 11.4. The Morgan fingerprint density at radius 3 is 2.50 bits per heavy atom. The molecule has 0 heterocycles. The van der Waals surface area contributed by atoms with Crippen LogP contribution in [0, 0.1) is 6.92 Å². The highest BCUT2D eigenvalue weighted by Gasteiger charge is 2.06. The van der Waals surface area contributed by atoms with Crippen LogP contribution in [0.1, 0.15) is 23.6 Å². The van der Waals surface area contributed by atoms with Gasteiger partial charge in [0.05, 0.1) is 13.7 Å². The molecule has 126 valence electrons. The molecule has 24 heavy (non-hydrogen) atoms. The minimum absolute atomic E-state index is 0.359. The van der Waals surface area contributed by atoms with Crippen LogP contribution in [0.4, 0.5) is 0 Å². The lowest BCUT2D eigenvalue weighted by atomic mass is 10.1. The van der Waals surface area contributed by atoms with Gasteiger partial charge in [-0.2, -0.15) is 0 Å². The number of methoxy groups -OCH3 is 1. The number of rotatable bonds is 7. The van der Waals surface area contributed by atoms with Gasteiger partial charge in [-0.25, -0.2) is 4.79 Å². The zero-order valence-electron chi connectivity index (χ0n) is 14.2. The van der Waals surface area contributed by atoms with Crippen molar-refractivity contribution in [3.63, 3.8) is 0 Å². The first-order valence-electron chi connectivity index (χ1n) is 7.83. The normalized spacial score (nSPS) is 10.6. The van der Waals surface area contributed by atoms with Crippen molar-refractivity contribution in [3.05, 3.63) is 65.2 Å². The van der Waals surface area contributed by atoms with Gasteiger partial charge >= 0.3 is 5.97 Å². The van der Waals surface area contributed by atoms with Gasteiger partial charge in [-0.15, -0.1) is 0 Å². The van der Waals surface area contributed by atoms with Crippen LogP contribution in [-0.4, -0.2) is 19.7 Å². The standard InChI is InChI=1S/C20H22O4/c1-4-23-20(21)12-10-16-9-11-18(19(13-16)22-3)24-14-17-7-5-15(2)6-8-17/h5-13H,4,14H2,1-3H3/b12-10+. The van der Waals surface area contributed by atoms with Crippen molar-refractivity contribution in [2.45, 2.75) is 20.5 Å². The summed E-state index contributed by atoms with van der Waals surface area (Å²) in [5.41, 5.74) is 3.14. The van der Waals surface area contributed by atoms with Crippen molar-refractivity contribution < 1.29 is 19.0 Å². The highest BCUT2D eigenvalue weighted by Crippen LogP contribution is 2.29. The molecule has 0 N–H and O–H groups in total. The topological polar surface area (TPSA) is 44.8 Å². The molecule has 0 saturated carbocycles. The SMILES string of the molecule is CCOC(=O)/C=C/c1ccc(OCc2ccc(C)cc2)c(OC)c1. The molecule has 0 fully saturated rings. The molecule has 0 atom stereocenters. The molecule has 0 aromatic heterocycles. The van der Waals surface area contributed by atoms with Gasteiger partial charge in [-0.05, 0) is 43.2 Å². The Labute approximate surface area is 142 Å². The maximum atomic E-state index is 11.4. The Kier molecular flexibility index (Phi) is 6.43. The molecular formula is C20H22O4. The second-order valence-corrected chi connectivity index (χ2v) is 5.27. The fourth-order valence-corrected chi connectivity index (χ4v) is 2.11. The molecule has 0 aliphatic heterocycles. The maximum absolute atomic E-state index is 11.4. The first-order chi connectivity index (χ1) is 11.6. The van der Waals surface area contributed by atoms with E-state index in [1.54, 1.807) is 20.1 Å². The van der Waals surface area contributed by atoms with E-state index >= 15 is 0 Å². The quantitative estimate of drug-likeness (QED) is 0.566. The first kappa shape index (κ1) is 17.6. The summed E-state index contributed by atoms with van der Waals surface area (Å²) in [6, 6.07) is 13.7. The van der Waals surface area contributed by atoms with Gasteiger partial charge < -0.3 is 14.2 Å². The van der Waals surface area contributed by atoms with E-state index in [0.717, 1.165) is 11.1 Å². The van der Waals surface area contributed by atoms with E-state index in [4.69, 9.17) is 14.2 Å². The fourth-order valence-electron chi connectivity index (χ4n) is 2.11. The molecule has 0 aliphatic carbocycles. The number of hydrogen-bond donors (Lipinski definition) is 0. The first-order valence-corrected chi connectivity index (χ1v) is 7.83. The van der Waals surface area contributed by atoms with Crippen LogP contribution < -0.4 is 9.47 Å². The molecule has 0 bridgehead atoms. The summed E-state index contributed by atoms with van der Waals surface area (Å²) in [6.45, 7) is 4.65. The van der Waals surface area contributed by atoms with E-state index in [9.17, 15) is 4.79 Å². The number of benzene rings is 2. The third-order valence-corrected chi connectivity index (χ3v) is 3.40. The lowest BCUT2D eigenvalue weighted by molar-refractivity contribution is -0.137. The zero-order chi connectivity index (χ0) is 17.4. The van der Waals surface area contributed by atoms with Gasteiger partial charge in [-0.3, -0.25) is 0 Å². The highest BCUT2D eigenvalue weighted by atomic mass is 16.5. The number of ether oxygens (including phenoxy) is 3. The predicted octanol–water partition coefficient (Wildman–Crippen LogP) is 4.16. The molecule has 0 saturated heterocycles. The largest absolute Gasteiger partial charge is 0.493 e. The summed E-state index contributed by atoms with van der Waals surface area (Å²) >= 11 is 0. The van der Waals surface area contributed by atoms with Gasteiger partial charge in [0.2, 0.25) is 0 Å². The summed E-state index contributed by atoms with van der Waals surface area (Å²) in [5, 5.41) is 0. The molecule has 2 aromatic carbocycles. The molecule has 0 unspecified atom stereocenters. The summed E-state index contributed by atoms with van der Waals surface area (Å²) < 4.78 is 16.1. The van der Waals surface area contributed by atoms with Crippen LogP contribution in [-0.2, 0) is 16.1 Å². The number of aryl methyl sites for hydroxylation is 1. The third-order valence-electron chi connectivity index (χ3n) is 3.40. The third kappa shape index (κ3) is 5.16. The second kappa shape index (κ2) is 8.77. The Morgan fingerprint density at radius 1 is 1.08 bits per heavy atom. The molecule has 2 aromatic rings. The van der Waals surface area contributed by atoms with E-state index in [0.29, 0.717) is 24.7 Å². The minimum Gasteiger partial charge on any atom is -0.493 e. The van der Waals surface area contributed by atoms with Crippen LogP contribution in [0.25, 0.3) is 6.08 Å². The van der Waals surface area contributed by atoms with Crippen LogP contribution in [0.15, 0.2) is 48.5 Å². The van der Waals surface area contributed by atoms with Crippen molar-refractivity contribution in [2.24, 2.45) is 0 Å². The molecule has 4 heteroatoms. The van der Waals surface area contributed by atoms with Crippen LogP contribution in [0.2, 0.25) is 0 Å². The lowest BCUT2D eigenvalue weighted by Crippen LogP contribution is -1.99. The maximum Gasteiger partial charge on any atom is 0.330 e. The molecule has 0 radical (unpaired) electrons. The van der Waals surface area contributed by atoms with E-state index in [2.05, 4.69) is 19.1 Å². The zero-order valence-corrected chi connectivity index (χ0v) is 14.2. The summed E-state index contributed by atoms with van der Waals surface area (Å²) in [6.07, 6.45) is 3.08. The van der Waals surface area contributed by atoms with E-state index < -0.39 is 0 Å². The Balaban J connectivity index is 2.05. The van der Waals surface area contributed by atoms with Gasteiger partial charge in [-0.1, -0.05) is 35.9 Å². The summed E-state index contributed by atoms with van der Waals surface area (Å²) in [5.74, 6) is 0.913. The summed E-state index contributed by atoms with van der Waals surface area (Å²) in [7, 11) is 1.59. The molecule has 0 amide bonds. The average Bonchev–Trinajstić information content (AvgIpc) is 2.60. The average molecular weight is 326 g/mol. The molecule has 2 rings (SSSR count). The smallest absolute Gasteiger partial charge is 0.330 e. The molecule has 4 nitrogen and oxygen atoms in total. The van der Waals surface area contributed by atoms with Crippen LogP contribution in [0.5, 0.6) is 11.5 Å². The Bertz CT molecular complexity index is 702. The number of carbonyl (C=O) groups is 1. The van der Waals surface area contributed by atoms with Gasteiger partial charge in [0.15, 0.2) is 11.5 Å². The Morgan fingerprint density at radius 2 is 1.83 bits per heavy atom. The van der Waals surface area contributed by atoms with Crippen molar-refractivity contribution in [3.8, 4) is 11.5 Å². The lowest BCUT2D eigenvalue weighted by Gasteiger charge is -2.11. The predicted molar refractivity (Wildman–Crippen MR) is 94.2 cm³/mol. The second-order valence-electron chi connectivity index (χ2n) is 5.27. The molecule has 0 aliphatic rings. The number of esters is 1. The van der Waals surface area contributed by atoms with Gasteiger partial charge in [0.1, 0.15) is 6.61 Å². The molecule has 0 spiro atoms. The van der Waals surface area contributed by atoms with E-state index in [-0.39, 0.29) is 5.97 Å². The van der Waals surface area contributed by atoms with Crippen molar-refractivity contribution >= 4 is 12.0 Å². The highest BCUT2D eigenvalue weighted by molar-refractivity contribution is 5.87. The van der Waals surface area contributed by atoms with Crippen LogP contribution in [0.3, 0.4) is 0 Å². The fraction of sp³-hybridized carbons (Fsp3) is 0.250. The number of hydrogen-bond acceptors (Lipinski definition) is 4.